The number of aliphatic carboxylic acids is 1. The third-order valence-electron chi connectivity index (χ3n) is 3.49. The molecule has 9 nitrogen and oxygen atoms in total. The number of carbonyl (C=O) groups is 3. The fourth-order valence-corrected chi connectivity index (χ4v) is 2.43. The van der Waals surface area contributed by atoms with Crippen LogP contribution in [0.1, 0.15) is 12.8 Å². The smallest absolute Gasteiger partial charge is 0.331 e. The van der Waals surface area contributed by atoms with Crippen molar-refractivity contribution in [3.05, 3.63) is 24.5 Å². The van der Waals surface area contributed by atoms with E-state index in [2.05, 4.69) is 6.58 Å². The van der Waals surface area contributed by atoms with E-state index < -0.39 is 42.3 Å². The molecular formula is C15H18O9. The molecule has 0 saturated carbocycles. The van der Waals surface area contributed by atoms with E-state index in [1.54, 1.807) is 0 Å². The average Bonchev–Trinajstić information content (AvgIpc) is 3.07. The molecule has 0 aromatic heterocycles. The molecule has 0 aromatic rings. The van der Waals surface area contributed by atoms with Crippen LogP contribution in [0.2, 0.25) is 0 Å². The fourth-order valence-electron chi connectivity index (χ4n) is 2.43. The van der Waals surface area contributed by atoms with Crippen LogP contribution >= 0.6 is 0 Å². The molecule has 24 heavy (non-hydrogen) atoms. The maximum Gasteiger partial charge on any atom is 0.331 e. The Morgan fingerprint density at radius 3 is 2.12 bits per heavy atom. The Hall–Kier alpha value is -2.39. The number of aliphatic hydroxyl groups is 1. The topological polar surface area (TPSA) is 129 Å². The number of ether oxygens (including phenoxy) is 4. The number of rotatable bonds is 7. The van der Waals surface area contributed by atoms with Crippen LogP contribution in [0.15, 0.2) is 24.5 Å². The molecule has 0 aliphatic carbocycles. The molecule has 2 N–H and O–H groups in total. The van der Waals surface area contributed by atoms with Crippen molar-refractivity contribution in [3.63, 3.8) is 0 Å². The minimum absolute atomic E-state index is 0.0123. The molecule has 2 fully saturated rings. The summed E-state index contributed by atoms with van der Waals surface area (Å²) in [4.78, 5) is 33.5. The van der Waals surface area contributed by atoms with Crippen LogP contribution in [0.4, 0.5) is 0 Å². The summed E-state index contributed by atoms with van der Waals surface area (Å²) in [6, 6.07) is 0. The number of aliphatic hydroxyl groups excluding tert-OH is 1. The molecule has 4 atom stereocenters. The molecule has 0 radical (unpaired) electrons. The molecule has 2 heterocycles. The number of fused-ring (bicyclic) bond motifs is 1. The van der Waals surface area contributed by atoms with Gasteiger partial charge in [0, 0.05) is 18.6 Å². The molecule has 0 spiro atoms. The normalized spacial score (nSPS) is 28.5. The quantitative estimate of drug-likeness (QED) is 0.376. The Balaban J connectivity index is 1.83. The van der Waals surface area contributed by atoms with Crippen LogP contribution in [0.5, 0.6) is 0 Å². The summed E-state index contributed by atoms with van der Waals surface area (Å²) in [6.07, 6.45) is -0.923. The third kappa shape index (κ3) is 4.80. The zero-order valence-corrected chi connectivity index (χ0v) is 12.8. The molecule has 2 aliphatic rings. The van der Waals surface area contributed by atoms with Gasteiger partial charge in [-0.1, -0.05) is 6.58 Å². The van der Waals surface area contributed by atoms with Gasteiger partial charge >= 0.3 is 17.9 Å². The maximum atomic E-state index is 11.7. The molecular weight excluding hydrogens is 324 g/mol. The molecule has 0 unspecified atom stereocenters. The van der Waals surface area contributed by atoms with E-state index in [-0.39, 0.29) is 31.8 Å². The van der Waals surface area contributed by atoms with Crippen LogP contribution in [0.25, 0.3) is 0 Å². The van der Waals surface area contributed by atoms with Crippen LogP contribution in [0.3, 0.4) is 0 Å². The zero-order valence-electron chi connectivity index (χ0n) is 12.8. The van der Waals surface area contributed by atoms with Crippen LogP contribution in [0, 0.1) is 0 Å². The Kier molecular flexibility index (Phi) is 5.93. The predicted molar refractivity (Wildman–Crippen MR) is 77.0 cm³/mol. The first kappa shape index (κ1) is 18.0. The first-order valence-corrected chi connectivity index (χ1v) is 7.28. The Morgan fingerprint density at radius 2 is 1.58 bits per heavy atom. The summed E-state index contributed by atoms with van der Waals surface area (Å²) in [5, 5.41) is 17.4. The van der Waals surface area contributed by atoms with Gasteiger partial charge in [0.2, 0.25) is 0 Å². The lowest BCUT2D eigenvalue weighted by Gasteiger charge is -2.17. The van der Waals surface area contributed by atoms with Crippen molar-refractivity contribution in [2.24, 2.45) is 0 Å². The van der Waals surface area contributed by atoms with Gasteiger partial charge in [-0.3, -0.25) is 4.79 Å². The summed E-state index contributed by atoms with van der Waals surface area (Å²) in [5.74, 6) is -2.71. The predicted octanol–water partition coefficient (Wildman–Crippen LogP) is 0.100. The van der Waals surface area contributed by atoms with Crippen molar-refractivity contribution in [3.8, 4) is 0 Å². The highest BCUT2D eigenvalue weighted by Crippen LogP contribution is 2.31. The van der Waals surface area contributed by atoms with E-state index in [1.807, 2.05) is 0 Å². The van der Waals surface area contributed by atoms with Crippen molar-refractivity contribution in [2.75, 3.05) is 13.2 Å². The number of hydrogen-bond donors (Lipinski definition) is 2. The minimum atomic E-state index is -1.26. The Labute approximate surface area is 137 Å². The van der Waals surface area contributed by atoms with Gasteiger partial charge in [-0.2, -0.15) is 0 Å². The molecule has 132 valence electrons. The Bertz CT molecular complexity index is 553. The first-order valence-electron chi connectivity index (χ1n) is 7.28. The van der Waals surface area contributed by atoms with Gasteiger partial charge in [0.25, 0.3) is 0 Å². The van der Waals surface area contributed by atoms with Crippen LogP contribution < -0.4 is 0 Å². The summed E-state index contributed by atoms with van der Waals surface area (Å²) in [7, 11) is 0. The van der Waals surface area contributed by atoms with Gasteiger partial charge < -0.3 is 29.2 Å². The molecule has 0 bridgehead atoms. The summed E-state index contributed by atoms with van der Waals surface area (Å²) >= 11 is 0. The van der Waals surface area contributed by atoms with Gasteiger partial charge in [0.1, 0.15) is 12.2 Å². The van der Waals surface area contributed by atoms with E-state index in [0.29, 0.717) is 6.08 Å². The number of carboxylic acids is 1. The average molecular weight is 342 g/mol. The lowest BCUT2D eigenvalue weighted by molar-refractivity contribution is -0.154. The summed E-state index contributed by atoms with van der Waals surface area (Å²) in [5.41, 5.74) is 0. The van der Waals surface area contributed by atoms with Gasteiger partial charge in [0.15, 0.2) is 12.2 Å². The lowest BCUT2D eigenvalue weighted by atomic mass is 10.1. The molecule has 2 aliphatic heterocycles. The lowest BCUT2D eigenvalue weighted by Crippen LogP contribution is -2.35. The molecule has 9 heteroatoms. The second kappa shape index (κ2) is 7.93. The molecule has 2 rings (SSSR count). The van der Waals surface area contributed by atoms with E-state index in [4.69, 9.17) is 29.2 Å². The SMILES string of the molecule is C=C(O)CCC(=O)O[C@H]1CO[C@H]2[C@@H]1OC[C@H]2OC(=O)C=CC(=O)O. The maximum absolute atomic E-state index is 11.7. The summed E-state index contributed by atoms with van der Waals surface area (Å²) < 4.78 is 21.3. The van der Waals surface area contributed by atoms with Gasteiger partial charge in [0.05, 0.1) is 25.4 Å². The van der Waals surface area contributed by atoms with Crippen LogP contribution in [-0.4, -0.2) is 65.8 Å². The molecule has 2 saturated heterocycles. The van der Waals surface area contributed by atoms with Crippen LogP contribution in [-0.2, 0) is 33.3 Å². The largest absolute Gasteiger partial charge is 0.513 e. The van der Waals surface area contributed by atoms with Crippen molar-refractivity contribution in [2.45, 2.75) is 37.3 Å². The number of carboxylic acid groups (broad SMARTS) is 1. The molecule has 0 amide bonds. The van der Waals surface area contributed by atoms with Gasteiger partial charge in [-0.15, -0.1) is 0 Å². The highest BCUT2D eigenvalue weighted by Gasteiger charge is 2.51. The highest BCUT2D eigenvalue weighted by atomic mass is 16.7. The standard InChI is InChI=1S/C15H18O9/c1-8(16)2-4-12(19)23-9-6-21-15-10(7-22-14(9)15)24-13(20)5-3-11(17)18/h3,5,9-10,14-16H,1-2,4,6-7H2,(H,17,18)/t9-,10+,14+,15+/m0/s1. The second-order valence-electron chi connectivity index (χ2n) is 5.34. The number of carbonyl (C=O) groups excluding carboxylic acids is 2. The van der Waals surface area contributed by atoms with Crippen molar-refractivity contribution in [1.29, 1.82) is 0 Å². The monoisotopic (exact) mass is 342 g/mol. The summed E-state index contributed by atoms with van der Waals surface area (Å²) in [6.45, 7) is 3.44. The van der Waals surface area contributed by atoms with E-state index in [9.17, 15) is 14.4 Å². The van der Waals surface area contributed by atoms with E-state index >= 15 is 0 Å². The van der Waals surface area contributed by atoms with Crippen molar-refractivity contribution < 1.29 is 43.5 Å². The van der Waals surface area contributed by atoms with Gasteiger partial charge in [-0.05, 0) is 0 Å². The van der Waals surface area contributed by atoms with E-state index in [1.165, 1.54) is 0 Å². The Morgan fingerprint density at radius 1 is 1.00 bits per heavy atom. The zero-order chi connectivity index (χ0) is 17.7. The second-order valence-corrected chi connectivity index (χ2v) is 5.34. The minimum Gasteiger partial charge on any atom is -0.513 e. The first-order chi connectivity index (χ1) is 11.4. The number of esters is 2. The third-order valence-corrected chi connectivity index (χ3v) is 3.49. The number of allylic oxidation sites excluding steroid dienone is 1. The molecule has 0 aromatic carbocycles. The fraction of sp³-hybridized carbons (Fsp3) is 0.533. The highest BCUT2D eigenvalue weighted by molar-refractivity contribution is 5.90. The van der Waals surface area contributed by atoms with Gasteiger partial charge in [-0.25, -0.2) is 9.59 Å². The van der Waals surface area contributed by atoms with Crippen molar-refractivity contribution >= 4 is 17.9 Å². The van der Waals surface area contributed by atoms with E-state index in [0.717, 1.165) is 6.08 Å². The number of hydrogen-bond acceptors (Lipinski definition) is 8. The van der Waals surface area contributed by atoms with Crippen molar-refractivity contribution in [1.82, 2.24) is 0 Å².